The Morgan fingerprint density at radius 2 is 2.27 bits per heavy atom. The molecule has 0 aliphatic heterocycles. The highest BCUT2D eigenvalue weighted by Gasteiger charge is 2.12. The average Bonchev–Trinajstić information content (AvgIpc) is 2.16. The molecule has 0 aliphatic rings. The molecule has 0 fully saturated rings. The lowest BCUT2D eigenvalue weighted by atomic mass is 10.2. The van der Waals surface area contributed by atoms with Crippen molar-refractivity contribution in [1.82, 2.24) is 9.71 Å². The lowest BCUT2D eigenvalue weighted by Crippen LogP contribution is -2.24. The molecule has 1 atom stereocenters. The number of amides is 1. The number of aromatic nitrogens is 1. The van der Waals surface area contributed by atoms with Gasteiger partial charge in [-0.05, 0) is 18.1 Å². The fourth-order valence-electron chi connectivity index (χ4n) is 1.06. The number of hydrogen-bond donors (Lipinski definition) is 1. The Kier molecular flexibility index (Phi) is 4.23. The molecule has 1 N–H and O–H groups in total. The average molecular weight is 247 g/mol. The number of nitrogens with zero attached hydrogens (tertiary/aromatic N) is 1. The third-order valence-corrected chi connectivity index (χ3v) is 3.09. The first kappa shape index (κ1) is 12.1. The van der Waals surface area contributed by atoms with Gasteiger partial charge in [0.1, 0.15) is 5.15 Å². The van der Waals surface area contributed by atoms with Gasteiger partial charge in [0.05, 0.1) is 0 Å². The maximum atomic E-state index is 11.6. The minimum absolute atomic E-state index is 0.265. The number of rotatable bonds is 3. The summed E-state index contributed by atoms with van der Waals surface area (Å²) < 4.78 is 13.9. The number of carbonyl (C=O) groups is 1. The fraction of sp³-hybridized carbons (Fsp3) is 0.333. The molecule has 1 amide bonds. The van der Waals surface area contributed by atoms with Crippen molar-refractivity contribution in [3.05, 3.63) is 22.8 Å². The molecule has 15 heavy (non-hydrogen) atoms. The summed E-state index contributed by atoms with van der Waals surface area (Å²) in [5.74, 6) is -0.364. The summed E-state index contributed by atoms with van der Waals surface area (Å²) in [7, 11) is -1.63. The van der Waals surface area contributed by atoms with Gasteiger partial charge < -0.3 is 0 Å². The highest BCUT2D eigenvalue weighted by atomic mass is 35.5. The molecule has 0 spiro atoms. The van der Waals surface area contributed by atoms with Crippen LogP contribution < -0.4 is 4.72 Å². The van der Waals surface area contributed by atoms with Crippen molar-refractivity contribution in [1.29, 1.82) is 0 Å². The Morgan fingerprint density at radius 3 is 2.80 bits per heavy atom. The fourth-order valence-corrected chi connectivity index (χ4v) is 2.24. The van der Waals surface area contributed by atoms with E-state index in [1.54, 1.807) is 12.1 Å². The second kappa shape index (κ2) is 5.23. The Labute approximate surface area is 95.6 Å². The van der Waals surface area contributed by atoms with Gasteiger partial charge in [-0.25, -0.2) is 9.19 Å². The Bertz CT molecular complexity index is 409. The minimum atomic E-state index is -1.63. The van der Waals surface area contributed by atoms with Crippen LogP contribution in [0.5, 0.6) is 0 Å². The largest absolute Gasteiger partial charge is 0.274 e. The molecule has 0 aliphatic carbocycles. The molecular weight excluding hydrogens is 236 g/mol. The van der Waals surface area contributed by atoms with Gasteiger partial charge in [-0.15, -0.1) is 0 Å². The number of halogens is 1. The van der Waals surface area contributed by atoms with Gasteiger partial charge >= 0.3 is 0 Å². The third kappa shape index (κ3) is 3.28. The molecule has 82 valence electrons. The zero-order valence-corrected chi connectivity index (χ0v) is 9.98. The van der Waals surface area contributed by atoms with Crippen LogP contribution in [0.2, 0.25) is 5.15 Å². The molecule has 0 saturated heterocycles. The summed E-state index contributed by atoms with van der Waals surface area (Å²) in [4.78, 5) is 14.7. The quantitative estimate of drug-likeness (QED) is 0.822. The molecule has 1 aromatic heterocycles. The third-order valence-electron chi connectivity index (χ3n) is 1.70. The standard InChI is InChI=1S/C9H11ClN2O2S/c1-3-7-4-5-8(10)11-9(7)15(14)12-6(2)13/h4-5H,3H2,1-2H3,(H,12,13). The van der Waals surface area contributed by atoms with Gasteiger partial charge in [-0.1, -0.05) is 24.6 Å². The minimum Gasteiger partial charge on any atom is -0.274 e. The SMILES string of the molecule is CCc1ccc(Cl)nc1S(=O)NC(C)=O. The number of carbonyl (C=O) groups excluding carboxylic acids is 1. The van der Waals surface area contributed by atoms with E-state index in [9.17, 15) is 9.00 Å². The molecule has 0 saturated carbocycles. The maximum absolute atomic E-state index is 11.6. The summed E-state index contributed by atoms with van der Waals surface area (Å²) >= 11 is 5.70. The van der Waals surface area contributed by atoms with E-state index in [-0.39, 0.29) is 11.1 Å². The second-order valence-electron chi connectivity index (χ2n) is 2.88. The highest BCUT2D eigenvalue weighted by molar-refractivity contribution is 7.83. The van der Waals surface area contributed by atoms with E-state index in [1.807, 2.05) is 6.92 Å². The van der Waals surface area contributed by atoms with Gasteiger partial charge in [0.15, 0.2) is 16.0 Å². The van der Waals surface area contributed by atoms with Crippen molar-refractivity contribution < 1.29 is 9.00 Å². The lowest BCUT2D eigenvalue weighted by Gasteiger charge is -2.06. The molecule has 6 heteroatoms. The predicted octanol–water partition coefficient (Wildman–Crippen LogP) is 1.46. The van der Waals surface area contributed by atoms with Crippen LogP contribution in [-0.2, 0) is 22.2 Å². The van der Waals surface area contributed by atoms with Crippen LogP contribution in [-0.4, -0.2) is 15.1 Å². The first-order valence-corrected chi connectivity index (χ1v) is 5.91. The van der Waals surface area contributed by atoms with Gasteiger partial charge in [0.25, 0.3) is 0 Å². The van der Waals surface area contributed by atoms with E-state index in [2.05, 4.69) is 9.71 Å². The highest BCUT2D eigenvalue weighted by Crippen LogP contribution is 2.14. The van der Waals surface area contributed by atoms with E-state index in [4.69, 9.17) is 11.6 Å². The first-order chi connectivity index (χ1) is 7.04. The molecular formula is C9H11ClN2O2S. The van der Waals surface area contributed by atoms with Crippen molar-refractivity contribution >= 4 is 28.5 Å². The van der Waals surface area contributed by atoms with Crippen LogP contribution >= 0.6 is 11.6 Å². The van der Waals surface area contributed by atoms with E-state index in [0.29, 0.717) is 11.4 Å². The van der Waals surface area contributed by atoms with Crippen LogP contribution in [0.25, 0.3) is 0 Å². The Morgan fingerprint density at radius 1 is 1.60 bits per heavy atom. The predicted molar refractivity (Wildman–Crippen MR) is 58.9 cm³/mol. The summed E-state index contributed by atoms with van der Waals surface area (Å²) in [6.45, 7) is 3.22. The van der Waals surface area contributed by atoms with Crippen molar-refractivity contribution in [3.8, 4) is 0 Å². The van der Waals surface area contributed by atoms with E-state index in [1.165, 1.54) is 6.92 Å². The summed E-state index contributed by atoms with van der Waals surface area (Å²) in [6, 6.07) is 3.39. The molecule has 1 heterocycles. The topological polar surface area (TPSA) is 59.1 Å². The molecule has 0 radical (unpaired) electrons. The van der Waals surface area contributed by atoms with Gasteiger partial charge in [-0.3, -0.25) is 9.52 Å². The van der Waals surface area contributed by atoms with Crippen molar-refractivity contribution in [2.45, 2.75) is 25.3 Å². The Hall–Kier alpha value is -0.940. The van der Waals surface area contributed by atoms with E-state index in [0.717, 1.165) is 5.56 Å². The number of hydrogen-bond acceptors (Lipinski definition) is 3. The van der Waals surface area contributed by atoms with Crippen molar-refractivity contribution in [3.63, 3.8) is 0 Å². The summed E-state index contributed by atoms with van der Waals surface area (Å²) in [5.41, 5.74) is 0.812. The van der Waals surface area contributed by atoms with Gasteiger partial charge in [-0.2, -0.15) is 0 Å². The normalized spacial score (nSPS) is 12.2. The van der Waals surface area contributed by atoms with Crippen LogP contribution in [0.1, 0.15) is 19.4 Å². The van der Waals surface area contributed by atoms with Crippen LogP contribution in [0.3, 0.4) is 0 Å². The molecule has 1 aromatic rings. The zero-order valence-electron chi connectivity index (χ0n) is 8.41. The molecule has 0 aromatic carbocycles. The monoisotopic (exact) mass is 246 g/mol. The van der Waals surface area contributed by atoms with Crippen LogP contribution in [0, 0.1) is 0 Å². The number of aryl methyl sites for hydroxylation is 1. The summed E-state index contributed by atoms with van der Waals surface area (Å²) in [5, 5.41) is 0.584. The Balaban J connectivity index is 3.05. The summed E-state index contributed by atoms with van der Waals surface area (Å²) in [6.07, 6.45) is 0.685. The number of pyridine rings is 1. The first-order valence-electron chi connectivity index (χ1n) is 4.39. The molecule has 0 bridgehead atoms. The second-order valence-corrected chi connectivity index (χ2v) is 4.39. The lowest BCUT2D eigenvalue weighted by molar-refractivity contribution is -0.117. The van der Waals surface area contributed by atoms with Crippen molar-refractivity contribution in [2.75, 3.05) is 0 Å². The van der Waals surface area contributed by atoms with Gasteiger partial charge in [0, 0.05) is 6.92 Å². The molecule has 1 unspecified atom stereocenters. The smallest absolute Gasteiger partial charge is 0.228 e. The van der Waals surface area contributed by atoms with Crippen LogP contribution in [0.15, 0.2) is 17.2 Å². The van der Waals surface area contributed by atoms with Crippen LogP contribution in [0.4, 0.5) is 0 Å². The van der Waals surface area contributed by atoms with Gasteiger partial charge in [0.2, 0.25) is 5.91 Å². The zero-order chi connectivity index (χ0) is 11.4. The molecule has 4 nitrogen and oxygen atoms in total. The van der Waals surface area contributed by atoms with E-state index < -0.39 is 11.0 Å². The number of nitrogens with one attached hydrogen (secondary N) is 1. The van der Waals surface area contributed by atoms with Crippen molar-refractivity contribution in [2.24, 2.45) is 0 Å². The van der Waals surface area contributed by atoms with E-state index >= 15 is 0 Å². The molecule has 1 rings (SSSR count). The maximum Gasteiger partial charge on any atom is 0.228 e.